The summed E-state index contributed by atoms with van der Waals surface area (Å²) >= 11 is 0. The van der Waals surface area contributed by atoms with Crippen LogP contribution in [0.15, 0.2) is 18.2 Å². The van der Waals surface area contributed by atoms with E-state index in [0.717, 1.165) is 32.5 Å². The van der Waals surface area contributed by atoms with E-state index >= 15 is 0 Å². The molecule has 0 bridgehead atoms. The molecule has 108 valence electrons. The SMILES string of the molecule is CCN1CCC(N(C)Cc2cc(C#N)ccc2F)CC1. The first-order valence-corrected chi connectivity index (χ1v) is 7.25. The van der Waals surface area contributed by atoms with Gasteiger partial charge in [0, 0.05) is 18.2 Å². The first-order chi connectivity index (χ1) is 9.63. The van der Waals surface area contributed by atoms with E-state index in [0.29, 0.717) is 23.7 Å². The molecule has 0 amide bonds. The van der Waals surface area contributed by atoms with Crippen LogP contribution in [-0.2, 0) is 6.54 Å². The van der Waals surface area contributed by atoms with E-state index in [1.807, 2.05) is 7.05 Å². The highest BCUT2D eigenvalue weighted by Gasteiger charge is 2.22. The maximum absolute atomic E-state index is 13.8. The van der Waals surface area contributed by atoms with Gasteiger partial charge in [-0.15, -0.1) is 0 Å². The van der Waals surface area contributed by atoms with Gasteiger partial charge in [-0.3, -0.25) is 4.90 Å². The Labute approximate surface area is 120 Å². The van der Waals surface area contributed by atoms with Crippen LogP contribution in [0.2, 0.25) is 0 Å². The Hall–Kier alpha value is -1.44. The highest BCUT2D eigenvalue weighted by atomic mass is 19.1. The van der Waals surface area contributed by atoms with Crippen LogP contribution in [0.3, 0.4) is 0 Å². The Morgan fingerprint density at radius 2 is 2.10 bits per heavy atom. The number of benzene rings is 1. The van der Waals surface area contributed by atoms with Crippen molar-refractivity contribution >= 4 is 0 Å². The predicted octanol–water partition coefficient (Wildman–Crippen LogP) is 2.61. The van der Waals surface area contributed by atoms with Crippen LogP contribution < -0.4 is 0 Å². The molecule has 20 heavy (non-hydrogen) atoms. The molecular formula is C16H22FN3. The zero-order valence-corrected chi connectivity index (χ0v) is 12.3. The van der Waals surface area contributed by atoms with Gasteiger partial charge in [-0.2, -0.15) is 5.26 Å². The fourth-order valence-corrected chi connectivity index (χ4v) is 2.84. The van der Waals surface area contributed by atoms with Crippen molar-refractivity contribution in [2.24, 2.45) is 0 Å². The van der Waals surface area contributed by atoms with E-state index in [1.54, 1.807) is 6.07 Å². The summed E-state index contributed by atoms with van der Waals surface area (Å²) in [6, 6.07) is 7.15. The highest BCUT2D eigenvalue weighted by Crippen LogP contribution is 2.19. The van der Waals surface area contributed by atoms with Crippen LogP contribution in [-0.4, -0.2) is 42.5 Å². The van der Waals surface area contributed by atoms with Gasteiger partial charge in [0.2, 0.25) is 0 Å². The summed E-state index contributed by atoms with van der Waals surface area (Å²) in [6.07, 6.45) is 2.26. The number of halogens is 1. The molecule has 0 aromatic heterocycles. The molecule has 4 heteroatoms. The molecule has 0 N–H and O–H groups in total. The van der Waals surface area contributed by atoms with Crippen LogP contribution in [0.25, 0.3) is 0 Å². The molecule has 0 aliphatic carbocycles. The van der Waals surface area contributed by atoms with Crippen molar-refractivity contribution < 1.29 is 4.39 Å². The monoisotopic (exact) mass is 275 g/mol. The number of rotatable bonds is 4. The number of nitriles is 1. The van der Waals surface area contributed by atoms with Crippen molar-refractivity contribution in [2.45, 2.75) is 32.4 Å². The van der Waals surface area contributed by atoms with Crippen LogP contribution in [0.1, 0.15) is 30.9 Å². The first kappa shape index (κ1) is 15.0. The number of nitrogens with zero attached hydrogens (tertiary/aromatic N) is 3. The molecule has 0 radical (unpaired) electrons. The van der Waals surface area contributed by atoms with Crippen molar-refractivity contribution in [3.8, 4) is 6.07 Å². The lowest BCUT2D eigenvalue weighted by molar-refractivity contribution is 0.126. The largest absolute Gasteiger partial charge is 0.303 e. The van der Waals surface area contributed by atoms with E-state index in [2.05, 4.69) is 22.8 Å². The van der Waals surface area contributed by atoms with E-state index < -0.39 is 0 Å². The van der Waals surface area contributed by atoms with Crippen LogP contribution in [0, 0.1) is 17.1 Å². The van der Waals surface area contributed by atoms with Crippen LogP contribution in [0.5, 0.6) is 0 Å². The summed E-state index contributed by atoms with van der Waals surface area (Å²) in [5, 5.41) is 8.90. The fourth-order valence-electron chi connectivity index (χ4n) is 2.84. The lowest BCUT2D eigenvalue weighted by Gasteiger charge is -2.36. The number of likely N-dealkylation sites (tertiary alicyclic amines) is 1. The van der Waals surface area contributed by atoms with Crippen molar-refractivity contribution in [3.05, 3.63) is 35.1 Å². The standard InChI is InChI=1S/C16H22FN3/c1-3-20-8-6-15(7-9-20)19(2)12-14-10-13(11-18)4-5-16(14)17/h4-5,10,15H,3,6-9,12H2,1-2H3. The zero-order chi connectivity index (χ0) is 14.5. The minimum atomic E-state index is -0.221. The van der Waals surface area contributed by atoms with Gasteiger partial charge in [0.05, 0.1) is 11.6 Å². The van der Waals surface area contributed by atoms with Gasteiger partial charge in [-0.25, -0.2) is 4.39 Å². The molecule has 3 nitrogen and oxygen atoms in total. The second kappa shape index (κ2) is 6.83. The summed E-state index contributed by atoms with van der Waals surface area (Å²) in [4.78, 5) is 4.66. The Bertz CT molecular complexity index is 487. The summed E-state index contributed by atoms with van der Waals surface area (Å²) in [5.41, 5.74) is 1.14. The summed E-state index contributed by atoms with van der Waals surface area (Å²) in [6.45, 7) is 6.10. The second-order valence-electron chi connectivity index (χ2n) is 5.50. The van der Waals surface area contributed by atoms with Crippen LogP contribution >= 0.6 is 0 Å². The van der Waals surface area contributed by atoms with E-state index in [9.17, 15) is 4.39 Å². The van der Waals surface area contributed by atoms with Gasteiger partial charge in [0.15, 0.2) is 0 Å². The molecule has 1 aromatic carbocycles. The van der Waals surface area contributed by atoms with Gasteiger partial charge < -0.3 is 4.90 Å². The average molecular weight is 275 g/mol. The molecule has 1 aliphatic rings. The number of hydrogen-bond donors (Lipinski definition) is 0. The Kier molecular flexibility index (Phi) is 5.11. The van der Waals surface area contributed by atoms with E-state index in [4.69, 9.17) is 5.26 Å². The maximum atomic E-state index is 13.8. The third-order valence-corrected chi connectivity index (χ3v) is 4.22. The summed E-state index contributed by atoms with van der Waals surface area (Å²) in [5.74, 6) is -0.221. The van der Waals surface area contributed by atoms with Gasteiger partial charge in [0.25, 0.3) is 0 Å². The molecule has 1 fully saturated rings. The second-order valence-corrected chi connectivity index (χ2v) is 5.50. The van der Waals surface area contributed by atoms with Crippen molar-refractivity contribution in [1.82, 2.24) is 9.80 Å². The Morgan fingerprint density at radius 1 is 1.40 bits per heavy atom. The summed E-state index contributed by atoms with van der Waals surface area (Å²) < 4.78 is 13.8. The average Bonchev–Trinajstić information content (AvgIpc) is 2.49. The minimum absolute atomic E-state index is 0.221. The first-order valence-electron chi connectivity index (χ1n) is 7.25. The van der Waals surface area contributed by atoms with Crippen LogP contribution in [0.4, 0.5) is 4.39 Å². The third-order valence-electron chi connectivity index (χ3n) is 4.22. The highest BCUT2D eigenvalue weighted by molar-refractivity contribution is 5.33. The molecule has 1 heterocycles. The van der Waals surface area contributed by atoms with Gasteiger partial charge in [0.1, 0.15) is 5.82 Å². The molecule has 1 aromatic rings. The molecule has 0 spiro atoms. The van der Waals surface area contributed by atoms with Crippen molar-refractivity contribution in [3.63, 3.8) is 0 Å². The van der Waals surface area contributed by atoms with Gasteiger partial charge in [-0.05, 0) is 57.7 Å². The Balaban J connectivity index is 1.98. The molecule has 1 saturated heterocycles. The Morgan fingerprint density at radius 3 is 2.70 bits per heavy atom. The topological polar surface area (TPSA) is 30.3 Å². The molecule has 0 saturated carbocycles. The van der Waals surface area contributed by atoms with Gasteiger partial charge in [-0.1, -0.05) is 6.92 Å². The summed E-state index contributed by atoms with van der Waals surface area (Å²) in [7, 11) is 2.05. The molecule has 0 unspecified atom stereocenters. The van der Waals surface area contributed by atoms with E-state index in [1.165, 1.54) is 12.1 Å². The van der Waals surface area contributed by atoms with Crippen molar-refractivity contribution in [1.29, 1.82) is 5.26 Å². The normalized spacial score (nSPS) is 17.4. The quantitative estimate of drug-likeness (QED) is 0.846. The predicted molar refractivity (Wildman–Crippen MR) is 77.7 cm³/mol. The molecule has 1 aliphatic heterocycles. The van der Waals surface area contributed by atoms with E-state index in [-0.39, 0.29) is 5.82 Å². The number of hydrogen-bond acceptors (Lipinski definition) is 3. The molecule has 2 rings (SSSR count). The number of piperidine rings is 1. The van der Waals surface area contributed by atoms with Crippen molar-refractivity contribution in [2.75, 3.05) is 26.7 Å². The van der Waals surface area contributed by atoms with Gasteiger partial charge >= 0.3 is 0 Å². The zero-order valence-electron chi connectivity index (χ0n) is 12.3. The molecule has 0 atom stereocenters. The molecular weight excluding hydrogens is 253 g/mol. The lowest BCUT2D eigenvalue weighted by Crippen LogP contribution is -2.43. The maximum Gasteiger partial charge on any atom is 0.127 e. The third kappa shape index (κ3) is 3.56. The minimum Gasteiger partial charge on any atom is -0.303 e. The fraction of sp³-hybridized carbons (Fsp3) is 0.562. The lowest BCUT2D eigenvalue weighted by atomic mass is 10.0. The smallest absolute Gasteiger partial charge is 0.127 e.